The molecule has 0 unspecified atom stereocenters. The summed E-state index contributed by atoms with van der Waals surface area (Å²) in [4.78, 5) is 0. The van der Waals surface area contributed by atoms with Gasteiger partial charge in [0.05, 0.1) is 20.0 Å². The lowest BCUT2D eigenvalue weighted by Gasteiger charge is -2.14. The second-order valence-corrected chi connectivity index (χ2v) is 6.47. The number of methoxy groups -OCH3 is 2. The summed E-state index contributed by atoms with van der Waals surface area (Å²) in [5.74, 6) is 1.67. The van der Waals surface area contributed by atoms with E-state index in [1.165, 1.54) is 0 Å². The Bertz CT molecular complexity index is 540. The van der Waals surface area contributed by atoms with E-state index >= 15 is 0 Å². The number of hydrogen-bond acceptors (Lipinski definition) is 4. The van der Waals surface area contributed by atoms with Crippen LogP contribution in [0.25, 0.3) is 0 Å². The van der Waals surface area contributed by atoms with Crippen molar-refractivity contribution in [3.8, 4) is 11.5 Å². The minimum atomic E-state index is -3.16. The molecule has 0 heterocycles. The third-order valence-electron chi connectivity index (χ3n) is 3.05. The van der Waals surface area contributed by atoms with E-state index in [2.05, 4.69) is 4.72 Å². The van der Waals surface area contributed by atoms with Crippen molar-refractivity contribution in [2.24, 2.45) is 0 Å². The molecule has 0 bridgehead atoms. The van der Waals surface area contributed by atoms with Crippen LogP contribution in [0.2, 0.25) is 0 Å². The van der Waals surface area contributed by atoms with E-state index in [0.717, 1.165) is 22.6 Å². The summed E-state index contributed by atoms with van der Waals surface area (Å²) in [6.45, 7) is 4.13. The highest BCUT2D eigenvalue weighted by molar-refractivity contribution is 7.89. The van der Waals surface area contributed by atoms with Crippen LogP contribution in [0.1, 0.15) is 24.5 Å². The van der Waals surface area contributed by atoms with Gasteiger partial charge >= 0.3 is 0 Å². The van der Waals surface area contributed by atoms with Gasteiger partial charge in [-0.1, -0.05) is 13.0 Å². The van der Waals surface area contributed by atoms with Gasteiger partial charge in [0.15, 0.2) is 0 Å². The number of sulfonamides is 1. The number of ether oxygens (including phenoxy) is 2. The SMILES string of the molecule is CCCS(=O)(=O)NCCc1ccc(OC)c(C)c1OC. The molecule has 20 heavy (non-hydrogen) atoms. The van der Waals surface area contributed by atoms with Crippen LogP contribution >= 0.6 is 0 Å². The van der Waals surface area contributed by atoms with Gasteiger partial charge in [0.2, 0.25) is 10.0 Å². The fraction of sp³-hybridized carbons (Fsp3) is 0.571. The maximum atomic E-state index is 11.6. The first kappa shape index (κ1) is 16.8. The topological polar surface area (TPSA) is 64.6 Å². The van der Waals surface area contributed by atoms with Crippen LogP contribution in [0, 0.1) is 6.92 Å². The summed E-state index contributed by atoms with van der Waals surface area (Å²) in [6, 6.07) is 3.77. The summed E-state index contributed by atoms with van der Waals surface area (Å²) >= 11 is 0. The highest BCUT2D eigenvalue weighted by Crippen LogP contribution is 2.31. The average molecular weight is 301 g/mol. The average Bonchev–Trinajstić information content (AvgIpc) is 2.39. The summed E-state index contributed by atoms with van der Waals surface area (Å²) < 4.78 is 36.4. The quantitative estimate of drug-likeness (QED) is 0.796. The van der Waals surface area contributed by atoms with Crippen molar-refractivity contribution < 1.29 is 17.9 Å². The fourth-order valence-electron chi connectivity index (χ4n) is 2.11. The Balaban J connectivity index is 2.76. The standard InChI is InChI=1S/C14H23NO4S/c1-5-10-20(16,17)15-9-8-12-6-7-13(18-3)11(2)14(12)19-4/h6-7,15H,5,8-10H2,1-4H3. The summed E-state index contributed by atoms with van der Waals surface area (Å²) in [5.41, 5.74) is 1.88. The maximum absolute atomic E-state index is 11.6. The van der Waals surface area contributed by atoms with Gasteiger partial charge in [-0.05, 0) is 31.4 Å². The van der Waals surface area contributed by atoms with Crippen LogP contribution in [0.3, 0.4) is 0 Å². The highest BCUT2D eigenvalue weighted by Gasteiger charge is 2.12. The third-order valence-corrected chi connectivity index (χ3v) is 4.64. The normalized spacial score (nSPS) is 11.4. The second-order valence-electron chi connectivity index (χ2n) is 4.55. The Hall–Kier alpha value is -1.27. The van der Waals surface area contributed by atoms with E-state index in [-0.39, 0.29) is 5.75 Å². The molecule has 0 fully saturated rings. The van der Waals surface area contributed by atoms with Gasteiger partial charge in [0, 0.05) is 12.1 Å². The van der Waals surface area contributed by atoms with Gasteiger partial charge in [-0.15, -0.1) is 0 Å². The van der Waals surface area contributed by atoms with Crippen LogP contribution in [0.15, 0.2) is 12.1 Å². The minimum absolute atomic E-state index is 0.159. The zero-order valence-electron chi connectivity index (χ0n) is 12.5. The Morgan fingerprint density at radius 3 is 2.45 bits per heavy atom. The van der Waals surface area contributed by atoms with Crippen LogP contribution < -0.4 is 14.2 Å². The van der Waals surface area contributed by atoms with Crippen LogP contribution in [0.5, 0.6) is 11.5 Å². The van der Waals surface area contributed by atoms with Gasteiger partial charge in [0.25, 0.3) is 0 Å². The molecule has 0 aliphatic carbocycles. The van der Waals surface area contributed by atoms with Crippen molar-refractivity contribution >= 4 is 10.0 Å². The second kappa shape index (κ2) is 7.50. The molecule has 0 aliphatic rings. The van der Waals surface area contributed by atoms with Gasteiger partial charge in [0.1, 0.15) is 11.5 Å². The first-order valence-corrected chi connectivity index (χ1v) is 8.28. The molecule has 1 N–H and O–H groups in total. The summed E-state index contributed by atoms with van der Waals surface area (Å²) in [6.07, 6.45) is 1.19. The van der Waals surface area contributed by atoms with E-state index in [0.29, 0.717) is 19.4 Å². The van der Waals surface area contributed by atoms with Crippen molar-refractivity contribution in [3.05, 3.63) is 23.3 Å². The molecule has 114 valence electrons. The Kier molecular flexibility index (Phi) is 6.29. The van der Waals surface area contributed by atoms with Crippen LogP contribution in [0.4, 0.5) is 0 Å². The lowest BCUT2D eigenvalue weighted by molar-refractivity contribution is 0.385. The van der Waals surface area contributed by atoms with Crippen molar-refractivity contribution in [1.29, 1.82) is 0 Å². The molecule has 0 atom stereocenters. The molecule has 1 aromatic carbocycles. The van der Waals surface area contributed by atoms with Crippen molar-refractivity contribution in [2.45, 2.75) is 26.7 Å². The fourth-order valence-corrected chi connectivity index (χ4v) is 3.21. The molecule has 0 spiro atoms. The number of rotatable bonds is 8. The highest BCUT2D eigenvalue weighted by atomic mass is 32.2. The van der Waals surface area contributed by atoms with Gasteiger partial charge in [-0.3, -0.25) is 0 Å². The smallest absolute Gasteiger partial charge is 0.211 e. The molecular formula is C14H23NO4S. The molecule has 1 rings (SSSR count). The minimum Gasteiger partial charge on any atom is -0.496 e. The number of hydrogen-bond donors (Lipinski definition) is 1. The Morgan fingerprint density at radius 2 is 1.90 bits per heavy atom. The zero-order chi connectivity index (χ0) is 15.2. The van der Waals surface area contributed by atoms with Crippen molar-refractivity contribution in [3.63, 3.8) is 0 Å². The van der Waals surface area contributed by atoms with E-state index in [1.54, 1.807) is 14.2 Å². The van der Waals surface area contributed by atoms with E-state index in [1.807, 2.05) is 26.0 Å². The molecule has 0 saturated carbocycles. The summed E-state index contributed by atoms with van der Waals surface area (Å²) in [5, 5.41) is 0. The Labute approximate surface area is 121 Å². The third kappa shape index (κ3) is 4.38. The van der Waals surface area contributed by atoms with E-state index in [4.69, 9.17) is 9.47 Å². The monoisotopic (exact) mass is 301 g/mol. The first-order chi connectivity index (χ1) is 9.45. The molecule has 0 amide bonds. The molecule has 0 radical (unpaired) electrons. The predicted octanol–water partition coefficient (Wildman–Crippen LogP) is 1.88. The molecule has 0 saturated heterocycles. The maximum Gasteiger partial charge on any atom is 0.211 e. The van der Waals surface area contributed by atoms with Crippen LogP contribution in [-0.2, 0) is 16.4 Å². The molecular weight excluding hydrogens is 278 g/mol. The number of nitrogens with one attached hydrogen (secondary N) is 1. The zero-order valence-corrected chi connectivity index (χ0v) is 13.3. The van der Waals surface area contributed by atoms with Crippen molar-refractivity contribution in [2.75, 3.05) is 26.5 Å². The molecule has 0 aromatic heterocycles. The molecule has 1 aromatic rings. The largest absolute Gasteiger partial charge is 0.496 e. The molecule has 5 nitrogen and oxygen atoms in total. The predicted molar refractivity (Wildman–Crippen MR) is 80.1 cm³/mol. The Morgan fingerprint density at radius 1 is 1.20 bits per heavy atom. The van der Waals surface area contributed by atoms with E-state index < -0.39 is 10.0 Å². The molecule has 0 aliphatic heterocycles. The first-order valence-electron chi connectivity index (χ1n) is 6.63. The van der Waals surface area contributed by atoms with Crippen molar-refractivity contribution in [1.82, 2.24) is 4.72 Å². The summed E-state index contributed by atoms with van der Waals surface area (Å²) in [7, 11) is 0.0553. The van der Waals surface area contributed by atoms with Crippen LogP contribution in [-0.4, -0.2) is 34.9 Å². The number of benzene rings is 1. The lowest BCUT2D eigenvalue weighted by atomic mass is 10.1. The van der Waals surface area contributed by atoms with E-state index in [9.17, 15) is 8.42 Å². The molecule has 6 heteroatoms. The lowest BCUT2D eigenvalue weighted by Crippen LogP contribution is -2.28. The van der Waals surface area contributed by atoms with Gasteiger partial charge in [-0.2, -0.15) is 0 Å². The van der Waals surface area contributed by atoms with Gasteiger partial charge < -0.3 is 9.47 Å². The van der Waals surface area contributed by atoms with Gasteiger partial charge in [-0.25, -0.2) is 13.1 Å².